The Bertz CT molecular complexity index is 81.7. The first-order chi connectivity index (χ1) is 2.89. The number of allylic oxidation sites excluding steroid dienone is 2. The molecule has 0 spiro atoms. The fraction of sp³-hybridized carbons (Fsp3) is 0. The van der Waals surface area contributed by atoms with Gasteiger partial charge in [-0.3, -0.25) is 0 Å². The van der Waals surface area contributed by atoms with Gasteiger partial charge in [-0.1, -0.05) is 23.6 Å². The first-order valence-corrected chi connectivity index (χ1v) is 8.20. The molecule has 1 rings (SSSR count). The van der Waals surface area contributed by atoms with Crippen molar-refractivity contribution in [2.75, 3.05) is 0 Å². The largest absolute Gasteiger partial charge is 0.0968 e. The minimum atomic E-state index is -0.272. The van der Waals surface area contributed by atoms with Crippen molar-refractivity contribution in [2.45, 2.75) is 0 Å². The van der Waals surface area contributed by atoms with E-state index in [2.05, 4.69) is 23.6 Å². The highest BCUT2D eigenvalue weighted by molar-refractivity contribution is 7.09. The molecule has 0 aliphatic carbocycles. The Balaban J connectivity index is 2.60. The van der Waals surface area contributed by atoms with Gasteiger partial charge in [0.25, 0.3) is 0 Å². The van der Waals surface area contributed by atoms with Crippen molar-refractivity contribution in [1.82, 2.24) is 0 Å². The molecule has 0 bridgehead atoms. The van der Waals surface area contributed by atoms with Crippen LogP contribution in [0.3, 0.4) is 0 Å². The molecule has 1 aliphatic heterocycles. The molecule has 0 radical (unpaired) electrons. The standard InChI is InChI=1S/C4H8Si2/c5-6-3-1-2-4-6/h1-4,6H,5H3. The molecular formula is C4H8Si2. The van der Waals surface area contributed by atoms with Gasteiger partial charge in [0.1, 0.15) is 0 Å². The summed E-state index contributed by atoms with van der Waals surface area (Å²) in [4.78, 5) is 0. The first-order valence-electron chi connectivity index (χ1n) is 2.24. The second-order valence-electron chi connectivity index (χ2n) is 1.63. The van der Waals surface area contributed by atoms with Crippen LogP contribution in [0.15, 0.2) is 23.6 Å². The zero-order chi connectivity index (χ0) is 4.41. The number of hydrogen-bond acceptors (Lipinski definition) is 0. The quantitative estimate of drug-likeness (QED) is 0.363. The topological polar surface area (TPSA) is 0 Å². The van der Waals surface area contributed by atoms with Crippen LogP contribution < -0.4 is 0 Å². The van der Waals surface area contributed by atoms with E-state index in [0.717, 1.165) is 0 Å². The summed E-state index contributed by atoms with van der Waals surface area (Å²) in [6.07, 6.45) is 4.34. The molecule has 1 aliphatic rings. The average Bonchev–Trinajstić information content (AvgIpc) is 1.86. The van der Waals surface area contributed by atoms with Crippen LogP contribution in [0, 0.1) is 0 Å². The lowest BCUT2D eigenvalue weighted by atomic mass is 10.6. The summed E-state index contributed by atoms with van der Waals surface area (Å²) in [5.74, 6) is 0. The number of hydrogen-bond donors (Lipinski definition) is 0. The van der Waals surface area contributed by atoms with E-state index in [1.165, 1.54) is 9.76 Å². The average molecular weight is 112 g/mol. The molecule has 0 saturated carbocycles. The molecule has 0 saturated heterocycles. The summed E-state index contributed by atoms with van der Waals surface area (Å²) in [5, 5.41) is 0. The van der Waals surface area contributed by atoms with Crippen LogP contribution in [-0.2, 0) is 0 Å². The fourth-order valence-corrected chi connectivity index (χ4v) is 2.96. The SMILES string of the molecule is [SiH3][SiH]1C=CC=C1. The molecule has 0 unspecified atom stereocenters. The van der Waals surface area contributed by atoms with E-state index in [4.69, 9.17) is 0 Å². The summed E-state index contributed by atoms with van der Waals surface area (Å²) < 4.78 is 0. The molecule has 0 aromatic carbocycles. The third-order valence-electron chi connectivity index (χ3n) is 0.940. The van der Waals surface area contributed by atoms with Crippen LogP contribution in [0.2, 0.25) is 0 Å². The van der Waals surface area contributed by atoms with Gasteiger partial charge in [-0.15, -0.1) is 0 Å². The highest BCUT2D eigenvalue weighted by Crippen LogP contribution is 1.91. The molecule has 0 aromatic rings. The maximum atomic E-state index is 2.37. The molecule has 0 nitrogen and oxygen atoms in total. The van der Waals surface area contributed by atoms with Crippen LogP contribution in [-0.4, -0.2) is 18.1 Å². The highest BCUT2D eigenvalue weighted by Gasteiger charge is 1.92. The van der Waals surface area contributed by atoms with Gasteiger partial charge in [-0.25, -0.2) is 0 Å². The molecule has 0 N–H and O–H groups in total. The van der Waals surface area contributed by atoms with Gasteiger partial charge in [-0.05, 0) is 0 Å². The van der Waals surface area contributed by atoms with Gasteiger partial charge in [0.2, 0.25) is 0 Å². The van der Waals surface area contributed by atoms with Gasteiger partial charge in [0, 0.05) is 9.76 Å². The van der Waals surface area contributed by atoms with E-state index in [-0.39, 0.29) is 8.31 Å². The third-order valence-corrected chi connectivity index (χ3v) is 4.91. The molecule has 32 valence electrons. The summed E-state index contributed by atoms with van der Waals surface area (Å²) in [6.45, 7) is 0. The lowest BCUT2D eigenvalue weighted by Crippen LogP contribution is -2.00. The lowest BCUT2D eigenvalue weighted by Gasteiger charge is -1.80. The van der Waals surface area contributed by atoms with Gasteiger partial charge in [0.05, 0.1) is 8.31 Å². The monoisotopic (exact) mass is 112 g/mol. The van der Waals surface area contributed by atoms with Gasteiger partial charge in [0.15, 0.2) is 0 Å². The van der Waals surface area contributed by atoms with Crippen LogP contribution >= 0.6 is 0 Å². The van der Waals surface area contributed by atoms with E-state index in [9.17, 15) is 0 Å². The first kappa shape index (κ1) is 4.08. The summed E-state index contributed by atoms with van der Waals surface area (Å²) in [6, 6.07) is 0. The molecule has 0 amide bonds. The normalized spacial score (nSPS) is 20.7. The maximum Gasteiger partial charge on any atom is 0.0673 e. The molecule has 6 heavy (non-hydrogen) atoms. The Morgan fingerprint density at radius 3 is 1.83 bits per heavy atom. The van der Waals surface area contributed by atoms with Gasteiger partial charge >= 0.3 is 0 Å². The molecule has 0 aromatic heterocycles. The van der Waals surface area contributed by atoms with E-state index < -0.39 is 0 Å². The van der Waals surface area contributed by atoms with E-state index in [0.29, 0.717) is 0 Å². The lowest BCUT2D eigenvalue weighted by molar-refractivity contribution is 2.15. The predicted molar refractivity (Wildman–Crippen MR) is 35.4 cm³/mol. The Labute approximate surface area is 42.4 Å². The van der Waals surface area contributed by atoms with Crippen molar-refractivity contribution in [3.8, 4) is 0 Å². The second kappa shape index (κ2) is 1.57. The van der Waals surface area contributed by atoms with Crippen LogP contribution in [0.5, 0.6) is 0 Å². The third kappa shape index (κ3) is 0.695. The Kier molecular flexibility index (Phi) is 1.07. The fourth-order valence-electron chi connectivity index (χ4n) is 0.543. The van der Waals surface area contributed by atoms with Gasteiger partial charge < -0.3 is 0 Å². The van der Waals surface area contributed by atoms with Gasteiger partial charge in [-0.2, -0.15) is 0 Å². The molecule has 0 atom stereocenters. The summed E-state index contributed by atoms with van der Waals surface area (Å²) >= 11 is 0. The maximum absolute atomic E-state index is 2.37. The van der Waals surface area contributed by atoms with Crippen molar-refractivity contribution < 1.29 is 0 Å². The van der Waals surface area contributed by atoms with Crippen molar-refractivity contribution in [2.24, 2.45) is 0 Å². The number of rotatable bonds is 0. The Hall–Kier alpha value is -0.0862. The van der Waals surface area contributed by atoms with Crippen molar-refractivity contribution in [1.29, 1.82) is 0 Å². The second-order valence-corrected chi connectivity index (χ2v) is 8.12. The minimum Gasteiger partial charge on any atom is -0.0968 e. The molecule has 2 heteroatoms. The van der Waals surface area contributed by atoms with Crippen molar-refractivity contribution in [3.63, 3.8) is 0 Å². The summed E-state index contributed by atoms with van der Waals surface area (Å²) in [7, 11) is 1.15. The minimum absolute atomic E-state index is 0.272. The highest BCUT2D eigenvalue weighted by atomic mass is 29.1. The van der Waals surface area contributed by atoms with Crippen molar-refractivity contribution in [3.05, 3.63) is 23.6 Å². The van der Waals surface area contributed by atoms with Crippen LogP contribution in [0.1, 0.15) is 0 Å². The van der Waals surface area contributed by atoms with Crippen LogP contribution in [0.4, 0.5) is 0 Å². The van der Waals surface area contributed by atoms with Crippen molar-refractivity contribution >= 4 is 18.1 Å². The molecular weight excluding hydrogens is 104 g/mol. The van der Waals surface area contributed by atoms with Crippen LogP contribution in [0.25, 0.3) is 0 Å². The Morgan fingerprint density at radius 2 is 1.67 bits per heavy atom. The Morgan fingerprint density at radius 1 is 1.17 bits per heavy atom. The van der Waals surface area contributed by atoms with E-state index >= 15 is 0 Å². The summed E-state index contributed by atoms with van der Waals surface area (Å²) in [5.41, 5.74) is 4.73. The zero-order valence-corrected chi connectivity index (χ0v) is 7.04. The van der Waals surface area contributed by atoms with E-state index in [1.54, 1.807) is 0 Å². The molecule has 0 fully saturated rings. The zero-order valence-electron chi connectivity index (χ0n) is 3.89. The molecule has 1 heterocycles. The smallest absolute Gasteiger partial charge is 0.0673 e. The van der Waals surface area contributed by atoms with E-state index in [1.807, 2.05) is 0 Å². The predicted octanol–water partition coefficient (Wildman–Crippen LogP) is -0.720.